The van der Waals surface area contributed by atoms with Crippen LogP contribution in [0.25, 0.3) is 0 Å². The SMILES string of the molecule is CN(C)C/C=C/C(=O)Nc1cccc(Nc2nc(N/N=C/c3ccncc3)ncc2Cl)c1. The summed E-state index contributed by atoms with van der Waals surface area (Å²) in [5.74, 6) is 0.470. The molecule has 0 spiro atoms. The minimum Gasteiger partial charge on any atom is -0.339 e. The molecule has 0 saturated carbocycles. The summed E-state index contributed by atoms with van der Waals surface area (Å²) in [6.07, 6.45) is 9.77. The smallest absolute Gasteiger partial charge is 0.248 e. The number of hydrogen-bond acceptors (Lipinski definition) is 8. The lowest BCUT2D eigenvalue weighted by Crippen LogP contribution is -2.13. The second kappa shape index (κ2) is 11.5. The summed E-state index contributed by atoms with van der Waals surface area (Å²) >= 11 is 6.24. The number of amides is 1. The fourth-order valence-electron chi connectivity index (χ4n) is 2.49. The average Bonchev–Trinajstić information content (AvgIpc) is 2.77. The molecule has 0 radical (unpaired) electrons. The first-order valence-corrected chi connectivity index (χ1v) is 10.1. The lowest BCUT2D eigenvalue weighted by Gasteiger charge is -2.10. The van der Waals surface area contributed by atoms with Gasteiger partial charge in [-0.2, -0.15) is 10.1 Å². The Morgan fingerprint density at radius 1 is 1.19 bits per heavy atom. The highest BCUT2D eigenvalue weighted by molar-refractivity contribution is 6.32. The van der Waals surface area contributed by atoms with E-state index in [-0.39, 0.29) is 11.9 Å². The van der Waals surface area contributed by atoms with E-state index in [1.165, 1.54) is 12.3 Å². The van der Waals surface area contributed by atoms with Crippen molar-refractivity contribution in [2.45, 2.75) is 0 Å². The summed E-state index contributed by atoms with van der Waals surface area (Å²) in [7, 11) is 3.87. The molecular formula is C22H23ClN8O. The van der Waals surface area contributed by atoms with Gasteiger partial charge in [-0.15, -0.1) is 0 Å². The predicted octanol–water partition coefficient (Wildman–Crippen LogP) is 3.77. The Bertz CT molecular complexity index is 1100. The van der Waals surface area contributed by atoms with Crippen LogP contribution < -0.4 is 16.1 Å². The molecule has 0 aliphatic heterocycles. The minimum atomic E-state index is -0.206. The molecule has 1 aromatic carbocycles. The van der Waals surface area contributed by atoms with Crippen LogP contribution in [-0.4, -0.2) is 52.6 Å². The number of carbonyl (C=O) groups is 1. The molecule has 0 aliphatic rings. The molecule has 2 aromatic heterocycles. The maximum Gasteiger partial charge on any atom is 0.248 e. The van der Waals surface area contributed by atoms with E-state index < -0.39 is 0 Å². The summed E-state index contributed by atoms with van der Waals surface area (Å²) in [5.41, 5.74) is 5.00. The van der Waals surface area contributed by atoms with Crippen LogP contribution in [0.5, 0.6) is 0 Å². The molecule has 3 rings (SSSR count). The molecule has 2 heterocycles. The molecule has 32 heavy (non-hydrogen) atoms. The third-order valence-electron chi connectivity index (χ3n) is 3.96. The number of halogens is 1. The number of pyridine rings is 1. The Kier molecular flexibility index (Phi) is 8.24. The predicted molar refractivity (Wildman–Crippen MR) is 129 cm³/mol. The van der Waals surface area contributed by atoms with Gasteiger partial charge >= 0.3 is 0 Å². The van der Waals surface area contributed by atoms with E-state index >= 15 is 0 Å². The molecule has 0 fully saturated rings. The molecule has 9 nitrogen and oxygen atoms in total. The molecule has 164 valence electrons. The van der Waals surface area contributed by atoms with Crippen LogP contribution in [-0.2, 0) is 4.79 Å². The molecule has 0 atom stereocenters. The van der Waals surface area contributed by atoms with E-state index in [0.717, 1.165) is 5.56 Å². The van der Waals surface area contributed by atoms with Crippen molar-refractivity contribution in [2.75, 3.05) is 36.7 Å². The van der Waals surface area contributed by atoms with Crippen LogP contribution >= 0.6 is 11.6 Å². The van der Waals surface area contributed by atoms with E-state index in [4.69, 9.17) is 11.6 Å². The summed E-state index contributed by atoms with van der Waals surface area (Å²) in [4.78, 5) is 26.5. The molecule has 0 aliphatic carbocycles. The van der Waals surface area contributed by atoms with Crippen molar-refractivity contribution in [3.63, 3.8) is 0 Å². The Hall–Kier alpha value is -3.82. The van der Waals surface area contributed by atoms with Crippen molar-refractivity contribution < 1.29 is 4.79 Å². The summed E-state index contributed by atoms with van der Waals surface area (Å²) in [6.45, 7) is 0.685. The molecule has 1 amide bonds. The van der Waals surface area contributed by atoms with Gasteiger partial charge in [0.15, 0.2) is 5.82 Å². The van der Waals surface area contributed by atoms with Gasteiger partial charge in [-0.05, 0) is 50.0 Å². The monoisotopic (exact) mass is 450 g/mol. The lowest BCUT2D eigenvalue weighted by molar-refractivity contribution is -0.111. The maximum atomic E-state index is 12.1. The van der Waals surface area contributed by atoms with Crippen LogP contribution in [0, 0.1) is 0 Å². The van der Waals surface area contributed by atoms with Crippen LogP contribution in [0.2, 0.25) is 5.02 Å². The first kappa shape index (κ1) is 22.9. The van der Waals surface area contributed by atoms with Crippen molar-refractivity contribution in [3.8, 4) is 0 Å². The number of hydrazone groups is 1. The molecule has 0 unspecified atom stereocenters. The highest BCUT2D eigenvalue weighted by Gasteiger charge is 2.07. The van der Waals surface area contributed by atoms with Gasteiger partial charge in [0.05, 0.1) is 12.4 Å². The molecule has 0 bridgehead atoms. The van der Waals surface area contributed by atoms with Gasteiger partial charge in [0, 0.05) is 36.4 Å². The molecule has 3 aromatic rings. The third-order valence-corrected chi connectivity index (χ3v) is 4.24. The number of carbonyl (C=O) groups excluding carboxylic acids is 1. The number of hydrogen-bond donors (Lipinski definition) is 3. The summed E-state index contributed by atoms with van der Waals surface area (Å²) in [6, 6.07) is 10.9. The lowest BCUT2D eigenvalue weighted by atomic mass is 10.2. The number of anilines is 4. The van der Waals surface area contributed by atoms with Gasteiger partial charge in [0.2, 0.25) is 11.9 Å². The third kappa shape index (κ3) is 7.46. The van der Waals surface area contributed by atoms with Crippen molar-refractivity contribution in [1.82, 2.24) is 19.9 Å². The largest absolute Gasteiger partial charge is 0.339 e. The fraction of sp³-hybridized carbons (Fsp3) is 0.136. The zero-order valence-corrected chi connectivity index (χ0v) is 18.4. The Morgan fingerprint density at radius 3 is 2.75 bits per heavy atom. The van der Waals surface area contributed by atoms with Gasteiger partial charge in [-0.1, -0.05) is 23.7 Å². The standard InChI is InChI=1S/C22H23ClN8O/c1-31(2)12-4-7-20(32)27-17-5-3-6-18(13-17)28-21-19(23)15-25-22(29-21)30-26-14-16-8-10-24-11-9-16/h3-11,13-15H,12H2,1-2H3,(H,27,32)(H2,25,28,29,30)/b7-4+,26-14+. The highest BCUT2D eigenvalue weighted by atomic mass is 35.5. The highest BCUT2D eigenvalue weighted by Crippen LogP contribution is 2.25. The van der Waals surface area contributed by atoms with Crippen molar-refractivity contribution in [1.29, 1.82) is 0 Å². The van der Waals surface area contributed by atoms with Crippen molar-refractivity contribution in [3.05, 3.63) is 77.7 Å². The summed E-state index contributed by atoms with van der Waals surface area (Å²) < 4.78 is 0. The second-order valence-electron chi connectivity index (χ2n) is 6.90. The van der Waals surface area contributed by atoms with E-state index in [9.17, 15) is 4.79 Å². The van der Waals surface area contributed by atoms with Crippen molar-refractivity contribution in [2.24, 2.45) is 5.10 Å². The average molecular weight is 451 g/mol. The number of likely N-dealkylation sites (N-methyl/N-ethyl adjacent to an activating group) is 1. The summed E-state index contributed by atoms with van der Waals surface area (Å²) in [5, 5.41) is 10.4. The number of nitrogens with zero attached hydrogens (tertiary/aromatic N) is 5. The van der Waals surface area contributed by atoms with Crippen molar-refractivity contribution >= 4 is 46.9 Å². The first-order chi connectivity index (χ1) is 15.5. The molecule has 3 N–H and O–H groups in total. The van der Waals surface area contributed by atoms with Gasteiger partial charge in [-0.25, -0.2) is 10.4 Å². The number of rotatable bonds is 9. The Balaban J connectivity index is 1.64. The van der Waals surface area contributed by atoms with E-state index in [2.05, 4.69) is 36.1 Å². The number of aromatic nitrogens is 3. The number of benzene rings is 1. The van der Waals surface area contributed by atoms with Gasteiger partial charge < -0.3 is 15.5 Å². The van der Waals surface area contributed by atoms with Gasteiger partial charge in [0.25, 0.3) is 0 Å². The van der Waals surface area contributed by atoms with E-state index in [1.807, 2.05) is 43.3 Å². The zero-order chi connectivity index (χ0) is 22.8. The fourth-order valence-corrected chi connectivity index (χ4v) is 2.63. The molecule has 0 saturated heterocycles. The zero-order valence-electron chi connectivity index (χ0n) is 17.7. The van der Waals surface area contributed by atoms with E-state index in [1.54, 1.807) is 36.8 Å². The second-order valence-corrected chi connectivity index (χ2v) is 7.31. The Morgan fingerprint density at radius 2 is 1.97 bits per heavy atom. The minimum absolute atomic E-state index is 0.206. The van der Waals surface area contributed by atoms with Crippen LogP contribution in [0.3, 0.4) is 0 Å². The number of nitrogens with one attached hydrogen (secondary N) is 3. The molecule has 10 heteroatoms. The van der Waals surface area contributed by atoms with Crippen LogP contribution in [0.4, 0.5) is 23.1 Å². The topological polar surface area (TPSA) is 107 Å². The van der Waals surface area contributed by atoms with Gasteiger partial charge in [0.1, 0.15) is 5.02 Å². The maximum absolute atomic E-state index is 12.1. The van der Waals surface area contributed by atoms with E-state index in [0.29, 0.717) is 28.8 Å². The first-order valence-electron chi connectivity index (χ1n) is 9.70. The quantitative estimate of drug-likeness (QED) is 0.259. The Labute approximate surface area is 191 Å². The van der Waals surface area contributed by atoms with Gasteiger partial charge in [-0.3, -0.25) is 9.78 Å². The van der Waals surface area contributed by atoms with Crippen LogP contribution in [0.1, 0.15) is 5.56 Å². The van der Waals surface area contributed by atoms with Crippen LogP contribution in [0.15, 0.2) is 72.2 Å². The normalized spacial score (nSPS) is 11.2. The molecular weight excluding hydrogens is 428 g/mol.